The van der Waals surface area contributed by atoms with E-state index in [9.17, 15) is 9.59 Å². The van der Waals surface area contributed by atoms with Crippen molar-refractivity contribution in [3.8, 4) is 0 Å². The van der Waals surface area contributed by atoms with Gasteiger partial charge in [-0.25, -0.2) is 0 Å². The molecule has 0 aliphatic heterocycles. The summed E-state index contributed by atoms with van der Waals surface area (Å²) >= 11 is 1.59. The molecule has 0 saturated carbocycles. The van der Waals surface area contributed by atoms with Gasteiger partial charge < -0.3 is 10.6 Å². The summed E-state index contributed by atoms with van der Waals surface area (Å²) in [5.74, 6) is -0.0247. The molecule has 122 valence electrons. The minimum absolute atomic E-state index is 0.00343. The number of carbonyl (C=O) groups excluding carboxylic acids is 2. The molecule has 0 saturated heterocycles. The maximum absolute atomic E-state index is 12.6. The van der Waals surface area contributed by atoms with Crippen LogP contribution in [0, 0.1) is 0 Å². The van der Waals surface area contributed by atoms with Gasteiger partial charge in [0.1, 0.15) is 5.00 Å². The number of aryl methyl sites for hydroxylation is 1. The van der Waals surface area contributed by atoms with Gasteiger partial charge in [-0.1, -0.05) is 20.3 Å². The minimum Gasteiger partial charge on any atom is -0.352 e. The maximum Gasteiger partial charge on any atom is 0.254 e. The third kappa shape index (κ3) is 4.09. The van der Waals surface area contributed by atoms with Crippen molar-refractivity contribution in [3.05, 3.63) is 16.0 Å². The van der Waals surface area contributed by atoms with Gasteiger partial charge in [0.05, 0.1) is 5.56 Å². The monoisotopic (exact) mass is 322 g/mol. The first-order valence-corrected chi connectivity index (χ1v) is 9.21. The lowest BCUT2D eigenvalue weighted by Crippen LogP contribution is -2.26. The Morgan fingerprint density at radius 3 is 2.64 bits per heavy atom. The normalized spacial score (nSPS) is 13.5. The summed E-state index contributed by atoms with van der Waals surface area (Å²) in [6.07, 6.45) is 7.63. The molecular formula is C17H26N2O2S. The lowest BCUT2D eigenvalue weighted by Gasteiger charge is -2.13. The van der Waals surface area contributed by atoms with Gasteiger partial charge in [0.15, 0.2) is 0 Å². The highest BCUT2D eigenvalue weighted by Crippen LogP contribution is 2.38. The number of rotatable bonds is 7. The van der Waals surface area contributed by atoms with E-state index in [0.717, 1.165) is 54.7 Å². The molecule has 0 atom stereocenters. The van der Waals surface area contributed by atoms with Crippen molar-refractivity contribution < 1.29 is 9.59 Å². The van der Waals surface area contributed by atoms with Crippen molar-refractivity contribution in [1.82, 2.24) is 5.32 Å². The average Bonchev–Trinajstić information content (AvgIpc) is 2.85. The lowest BCUT2D eigenvalue weighted by atomic mass is 9.95. The second-order valence-electron chi connectivity index (χ2n) is 5.82. The highest BCUT2D eigenvalue weighted by Gasteiger charge is 2.25. The summed E-state index contributed by atoms with van der Waals surface area (Å²) in [6, 6.07) is 0. The van der Waals surface area contributed by atoms with Crippen molar-refractivity contribution in [2.24, 2.45) is 0 Å². The van der Waals surface area contributed by atoms with Crippen LogP contribution in [0.1, 0.15) is 73.2 Å². The number of unbranched alkanes of at least 4 members (excludes halogenated alkanes) is 1. The van der Waals surface area contributed by atoms with Crippen LogP contribution in [0.15, 0.2) is 0 Å². The molecule has 1 heterocycles. The van der Waals surface area contributed by atoms with Crippen molar-refractivity contribution >= 4 is 28.2 Å². The smallest absolute Gasteiger partial charge is 0.254 e. The summed E-state index contributed by atoms with van der Waals surface area (Å²) in [4.78, 5) is 25.8. The fraction of sp³-hybridized carbons (Fsp3) is 0.647. The van der Waals surface area contributed by atoms with Gasteiger partial charge in [-0.05, 0) is 44.1 Å². The fourth-order valence-electron chi connectivity index (χ4n) is 2.78. The Kier molecular flexibility index (Phi) is 6.43. The molecule has 22 heavy (non-hydrogen) atoms. The molecule has 0 unspecified atom stereocenters. The average molecular weight is 322 g/mol. The second-order valence-corrected chi connectivity index (χ2v) is 6.93. The van der Waals surface area contributed by atoms with E-state index >= 15 is 0 Å². The van der Waals surface area contributed by atoms with E-state index in [2.05, 4.69) is 17.6 Å². The van der Waals surface area contributed by atoms with Crippen LogP contribution in [-0.4, -0.2) is 18.4 Å². The molecule has 2 rings (SSSR count). The summed E-state index contributed by atoms with van der Waals surface area (Å²) in [7, 11) is 0. The van der Waals surface area contributed by atoms with Crippen LogP contribution in [0.25, 0.3) is 0 Å². The van der Waals surface area contributed by atoms with Crippen molar-refractivity contribution in [2.75, 3.05) is 11.9 Å². The largest absolute Gasteiger partial charge is 0.352 e. The fourth-order valence-corrected chi connectivity index (χ4v) is 4.08. The first-order chi connectivity index (χ1) is 10.7. The van der Waals surface area contributed by atoms with Gasteiger partial charge in [-0.2, -0.15) is 0 Å². The Hall–Kier alpha value is -1.36. The molecule has 1 aromatic heterocycles. The van der Waals surface area contributed by atoms with Gasteiger partial charge in [0.25, 0.3) is 5.91 Å². The van der Waals surface area contributed by atoms with E-state index < -0.39 is 0 Å². The van der Waals surface area contributed by atoms with E-state index in [0.29, 0.717) is 13.0 Å². The summed E-state index contributed by atoms with van der Waals surface area (Å²) < 4.78 is 0. The van der Waals surface area contributed by atoms with E-state index in [1.54, 1.807) is 11.3 Å². The Morgan fingerprint density at radius 2 is 1.91 bits per heavy atom. The number of anilines is 1. The Balaban J connectivity index is 2.21. The molecule has 4 nitrogen and oxygen atoms in total. The zero-order valence-corrected chi connectivity index (χ0v) is 14.4. The first kappa shape index (κ1) is 17.0. The zero-order valence-electron chi connectivity index (χ0n) is 13.6. The number of carbonyl (C=O) groups is 2. The Labute approximate surface area is 136 Å². The molecule has 0 radical (unpaired) electrons. The lowest BCUT2D eigenvalue weighted by molar-refractivity contribution is -0.116. The molecule has 0 fully saturated rings. The van der Waals surface area contributed by atoms with E-state index in [1.807, 2.05) is 6.92 Å². The van der Waals surface area contributed by atoms with Crippen molar-refractivity contribution in [1.29, 1.82) is 0 Å². The quantitative estimate of drug-likeness (QED) is 0.748. The van der Waals surface area contributed by atoms with Crippen molar-refractivity contribution in [2.45, 2.75) is 65.2 Å². The number of hydrogen-bond donors (Lipinski definition) is 2. The van der Waals surface area contributed by atoms with Crippen LogP contribution in [0.5, 0.6) is 0 Å². The predicted molar refractivity (Wildman–Crippen MR) is 91.7 cm³/mol. The summed E-state index contributed by atoms with van der Waals surface area (Å²) in [5.41, 5.74) is 1.89. The van der Waals surface area contributed by atoms with Crippen molar-refractivity contribution in [3.63, 3.8) is 0 Å². The molecule has 1 aliphatic rings. The first-order valence-electron chi connectivity index (χ1n) is 8.39. The Morgan fingerprint density at radius 1 is 1.14 bits per heavy atom. The summed E-state index contributed by atoms with van der Waals surface area (Å²) in [5, 5.41) is 6.71. The van der Waals surface area contributed by atoms with Gasteiger partial charge in [0, 0.05) is 17.8 Å². The summed E-state index contributed by atoms with van der Waals surface area (Å²) in [6.45, 7) is 4.79. The highest BCUT2D eigenvalue weighted by atomic mass is 32.1. The number of nitrogens with one attached hydrogen (secondary N) is 2. The molecule has 0 spiro atoms. The number of amides is 2. The van der Waals surface area contributed by atoms with E-state index in [-0.39, 0.29) is 11.8 Å². The van der Waals surface area contributed by atoms with Gasteiger partial charge in [-0.3, -0.25) is 9.59 Å². The predicted octanol–water partition coefficient (Wildman–Crippen LogP) is 3.90. The molecular weight excluding hydrogens is 296 g/mol. The van der Waals surface area contributed by atoms with E-state index in [1.165, 1.54) is 11.3 Å². The molecule has 2 amide bonds. The van der Waals surface area contributed by atoms with Crippen LogP contribution < -0.4 is 10.6 Å². The molecule has 1 aromatic rings. The number of fused-ring (bicyclic) bond motifs is 1. The van der Waals surface area contributed by atoms with Crippen LogP contribution in [0.4, 0.5) is 5.00 Å². The molecule has 0 bridgehead atoms. The number of hydrogen-bond acceptors (Lipinski definition) is 3. The van der Waals surface area contributed by atoms with E-state index in [4.69, 9.17) is 0 Å². The van der Waals surface area contributed by atoms with Crippen LogP contribution >= 0.6 is 11.3 Å². The second kappa shape index (κ2) is 8.32. The SMILES string of the molecule is CCCCNC(=O)c1c(NC(=O)CCC)sc2c1CCCC2. The number of thiophene rings is 1. The molecule has 5 heteroatoms. The third-order valence-corrected chi connectivity index (χ3v) is 5.15. The minimum atomic E-state index is -0.0281. The maximum atomic E-state index is 12.6. The van der Waals surface area contributed by atoms with Gasteiger partial charge in [-0.15, -0.1) is 11.3 Å². The van der Waals surface area contributed by atoms with Gasteiger partial charge in [0.2, 0.25) is 5.91 Å². The standard InChI is InChI=1S/C17H26N2O2S/c1-3-5-11-18-16(21)15-12-9-6-7-10-13(12)22-17(15)19-14(20)8-4-2/h3-11H2,1-2H3,(H,18,21)(H,19,20). The highest BCUT2D eigenvalue weighted by molar-refractivity contribution is 7.17. The van der Waals surface area contributed by atoms with Gasteiger partial charge >= 0.3 is 0 Å². The Bertz CT molecular complexity index is 537. The van der Waals surface area contributed by atoms with Crippen LogP contribution in [-0.2, 0) is 17.6 Å². The third-order valence-electron chi connectivity index (χ3n) is 3.94. The molecule has 0 aromatic carbocycles. The van der Waals surface area contributed by atoms with Crippen LogP contribution in [0.2, 0.25) is 0 Å². The zero-order chi connectivity index (χ0) is 15.9. The van der Waals surface area contributed by atoms with Crippen LogP contribution in [0.3, 0.4) is 0 Å². The molecule has 1 aliphatic carbocycles. The molecule has 2 N–H and O–H groups in total. The topological polar surface area (TPSA) is 58.2 Å².